The number of hydrazone groups is 1. The Kier molecular flexibility index (Phi) is 5.69. The van der Waals surface area contributed by atoms with Gasteiger partial charge >= 0.3 is 0 Å². The standard InChI is InChI=1S/C15H12BrN3O2S/c1-10(14-3-2-6-22-14)18-19-15(20)9-21-13-5-4-12(16)7-11(13)8-17/h2-7H,9H2,1H3,(H,19,20)/b18-10+. The smallest absolute Gasteiger partial charge is 0.277 e. The van der Waals surface area contributed by atoms with Gasteiger partial charge in [0.2, 0.25) is 0 Å². The van der Waals surface area contributed by atoms with E-state index < -0.39 is 0 Å². The van der Waals surface area contributed by atoms with Gasteiger partial charge in [0.05, 0.1) is 11.3 Å². The molecule has 1 heterocycles. The van der Waals surface area contributed by atoms with Crippen LogP contribution < -0.4 is 10.2 Å². The van der Waals surface area contributed by atoms with Gasteiger partial charge in [-0.2, -0.15) is 10.4 Å². The van der Waals surface area contributed by atoms with Gasteiger partial charge in [0, 0.05) is 9.35 Å². The van der Waals surface area contributed by atoms with E-state index in [-0.39, 0.29) is 12.5 Å². The molecule has 0 spiro atoms. The Morgan fingerprint density at radius 1 is 1.50 bits per heavy atom. The summed E-state index contributed by atoms with van der Waals surface area (Å²) in [5.74, 6) is -0.0254. The number of rotatable bonds is 5. The second-order valence-electron chi connectivity index (χ2n) is 4.25. The first-order chi connectivity index (χ1) is 10.6. The van der Waals surface area contributed by atoms with Gasteiger partial charge in [-0.05, 0) is 36.6 Å². The summed E-state index contributed by atoms with van der Waals surface area (Å²) in [7, 11) is 0. The van der Waals surface area contributed by atoms with E-state index in [4.69, 9.17) is 10.00 Å². The van der Waals surface area contributed by atoms with Gasteiger partial charge in [0.15, 0.2) is 6.61 Å². The van der Waals surface area contributed by atoms with Crippen molar-refractivity contribution in [3.63, 3.8) is 0 Å². The molecule has 0 fully saturated rings. The van der Waals surface area contributed by atoms with Crippen LogP contribution >= 0.6 is 27.3 Å². The molecule has 112 valence electrons. The Hall–Kier alpha value is -2.17. The lowest BCUT2D eigenvalue weighted by Gasteiger charge is -2.07. The molecule has 2 rings (SSSR count). The Morgan fingerprint density at radius 3 is 3.00 bits per heavy atom. The van der Waals surface area contributed by atoms with E-state index in [0.29, 0.717) is 11.3 Å². The molecule has 0 unspecified atom stereocenters. The number of nitrogens with one attached hydrogen (secondary N) is 1. The molecule has 0 aliphatic rings. The minimum atomic E-state index is -0.386. The summed E-state index contributed by atoms with van der Waals surface area (Å²) < 4.78 is 6.12. The Labute approximate surface area is 140 Å². The summed E-state index contributed by atoms with van der Waals surface area (Å²) in [6, 6.07) is 10.9. The summed E-state index contributed by atoms with van der Waals surface area (Å²) in [5.41, 5.74) is 3.52. The number of hydrogen-bond acceptors (Lipinski definition) is 5. The predicted octanol–water partition coefficient (Wildman–Crippen LogP) is 3.30. The predicted molar refractivity (Wildman–Crippen MR) is 89.0 cm³/mol. The fourth-order valence-electron chi connectivity index (χ4n) is 1.58. The molecule has 1 aromatic heterocycles. The number of thiophene rings is 1. The lowest BCUT2D eigenvalue weighted by Crippen LogP contribution is -2.25. The monoisotopic (exact) mass is 377 g/mol. The molecule has 2 aromatic rings. The highest BCUT2D eigenvalue weighted by molar-refractivity contribution is 9.10. The van der Waals surface area contributed by atoms with Gasteiger partial charge in [-0.25, -0.2) is 5.43 Å². The van der Waals surface area contributed by atoms with Crippen molar-refractivity contribution in [2.24, 2.45) is 5.10 Å². The van der Waals surface area contributed by atoms with Crippen LogP contribution in [0.25, 0.3) is 0 Å². The van der Waals surface area contributed by atoms with Crippen molar-refractivity contribution >= 4 is 38.9 Å². The second kappa shape index (κ2) is 7.73. The quantitative estimate of drug-likeness (QED) is 0.641. The number of carbonyl (C=O) groups excluding carboxylic acids is 1. The summed E-state index contributed by atoms with van der Waals surface area (Å²) in [4.78, 5) is 12.7. The molecule has 22 heavy (non-hydrogen) atoms. The maximum absolute atomic E-state index is 11.7. The zero-order valence-corrected chi connectivity index (χ0v) is 14.1. The third kappa shape index (κ3) is 4.41. The second-order valence-corrected chi connectivity index (χ2v) is 6.11. The highest BCUT2D eigenvalue weighted by atomic mass is 79.9. The average molecular weight is 378 g/mol. The first-order valence-electron chi connectivity index (χ1n) is 6.29. The van der Waals surface area contributed by atoms with Gasteiger partial charge in [-0.3, -0.25) is 4.79 Å². The highest BCUT2D eigenvalue weighted by Gasteiger charge is 2.07. The van der Waals surface area contributed by atoms with Crippen LogP contribution in [-0.2, 0) is 4.79 Å². The fourth-order valence-corrected chi connectivity index (χ4v) is 2.61. The minimum Gasteiger partial charge on any atom is -0.482 e. The van der Waals surface area contributed by atoms with Crippen molar-refractivity contribution < 1.29 is 9.53 Å². The Morgan fingerprint density at radius 2 is 2.32 bits per heavy atom. The van der Waals surface area contributed by atoms with E-state index in [1.54, 1.807) is 29.5 Å². The molecule has 0 saturated carbocycles. The molecule has 0 aliphatic carbocycles. The number of nitriles is 1. The SMILES string of the molecule is C/C(=N\NC(=O)COc1ccc(Br)cc1C#N)c1cccs1. The van der Waals surface area contributed by atoms with Crippen molar-refractivity contribution in [3.05, 3.63) is 50.6 Å². The molecule has 0 saturated heterocycles. The number of benzene rings is 1. The summed E-state index contributed by atoms with van der Waals surface area (Å²) in [6.45, 7) is 1.60. The number of amides is 1. The van der Waals surface area contributed by atoms with Crippen molar-refractivity contribution in [1.29, 1.82) is 5.26 Å². The van der Waals surface area contributed by atoms with Gasteiger partial charge in [0.25, 0.3) is 5.91 Å². The lowest BCUT2D eigenvalue weighted by molar-refractivity contribution is -0.123. The fraction of sp³-hybridized carbons (Fsp3) is 0.133. The largest absolute Gasteiger partial charge is 0.482 e. The average Bonchev–Trinajstić information content (AvgIpc) is 3.05. The maximum Gasteiger partial charge on any atom is 0.277 e. The number of halogens is 1. The molecule has 1 N–H and O–H groups in total. The van der Waals surface area contributed by atoms with Crippen molar-refractivity contribution in [1.82, 2.24) is 5.43 Å². The van der Waals surface area contributed by atoms with Gasteiger partial charge < -0.3 is 4.74 Å². The molecule has 1 amide bonds. The van der Waals surface area contributed by atoms with Crippen LogP contribution in [0.5, 0.6) is 5.75 Å². The normalized spacial score (nSPS) is 10.9. The number of carbonyl (C=O) groups is 1. The Bertz CT molecular complexity index is 736. The molecule has 0 aliphatic heterocycles. The molecular weight excluding hydrogens is 366 g/mol. The molecule has 7 heteroatoms. The van der Waals surface area contributed by atoms with Crippen LogP contribution in [-0.4, -0.2) is 18.2 Å². The van der Waals surface area contributed by atoms with Gasteiger partial charge in [-0.1, -0.05) is 22.0 Å². The molecule has 0 radical (unpaired) electrons. The van der Waals surface area contributed by atoms with Crippen molar-refractivity contribution in [2.45, 2.75) is 6.92 Å². The molecule has 0 atom stereocenters. The van der Waals surface area contributed by atoms with Crippen LogP contribution in [0.1, 0.15) is 17.4 Å². The third-order valence-electron chi connectivity index (χ3n) is 2.65. The minimum absolute atomic E-state index is 0.211. The third-order valence-corrected chi connectivity index (χ3v) is 4.12. The number of ether oxygens (including phenoxy) is 1. The van der Waals surface area contributed by atoms with E-state index in [0.717, 1.165) is 15.1 Å². The summed E-state index contributed by atoms with van der Waals surface area (Å²) in [5, 5.41) is 15.0. The molecule has 5 nitrogen and oxygen atoms in total. The van der Waals surface area contributed by atoms with Crippen LogP contribution in [0.4, 0.5) is 0 Å². The zero-order chi connectivity index (χ0) is 15.9. The van der Waals surface area contributed by atoms with Crippen LogP contribution in [0.3, 0.4) is 0 Å². The van der Waals surface area contributed by atoms with Crippen LogP contribution in [0.15, 0.2) is 45.3 Å². The van der Waals surface area contributed by atoms with Gasteiger partial charge in [-0.15, -0.1) is 11.3 Å². The number of nitrogens with zero attached hydrogens (tertiary/aromatic N) is 2. The number of hydrogen-bond donors (Lipinski definition) is 1. The van der Waals surface area contributed by atoms with E-state index in [1.165, 1.54) is 0 Å². The lowest BCUT2D eigenvalue weighted by atomic mass is 10.2. The first kappa shape index (κ1) is 16.2. The van der Waals surface area contributed by atoms with Crippen LogP contribution in [0, 0.1) is 11.3 Å². The van der Waals surface area contributed by atoms with E-state index >= 15 is 0 Å². The van der Waals surface area contributed by atoms with E-state index in [9.17, 15) is 4.79 Å². The zero-order valence-electron chi connectivity index (χ0n) is 11.7. The summed E-state index contributed by atoms with van der Waals surface area (Å²) in [6.07, 6.45) is 0. The summed E-state index contributed by atoms with van der Waals surface area (Å²) >= 11 is 4.82. The molecule has 1 aromatic carbocycles. The van der Waals surface area contributed by atoms with E-state index in [1.807, 2.05) is 30.5 Å². The topological polar surface area (TPSA) is 74.5 Å². The van der Waals surface area contributed by atoms with Crippen molar-refractivity contribution in [2.75, 3.05) is 6.61 Å². The van der Waals surface area contributed by atoms with Crippen molar-refractivity contribution in [3.8, 4) is 11.8 Å². The first-order valence-corrected chi connectivity index (χ1v) is 7.97. The van der Waals surface area contributed by atoms with Gasteiger partial charge in [0.1, 0.15) is 11.8 Å². The molecular formula is C15H12BrN3O2S. The molecule has 0 bridgehead atoms. The Balaban J connectivity index is 1.91. The maximum atomic E-state index is 11.7. The van der Waals surface area contributed by atoms with Crippen LogP contribution in [0.2, 0.25) is 0 Å². The van der Waals surface area contributed by atoms with E-state index in [2.05, 4.69) is 26.5 Å². The highest BCUT2D eigenvalue weighted by Crippen LogP contribution is 2.22.